The highest BCUT2D eigenvalue weighted by Crippen LogP contribution is 2.17. The van der Waals surface area contributed by atoms with Crippen molar-refractivity contribution in [3.63, 3.8) is 0 Å². The zero-order chi connectivity index (χ0) is 22.1. The first-order chi connectivity index (χ1) is 14.3. The molecule has 30 heavy (non-hydrogen) atoms. The van der Waals surface area contributed by atoms with E-state index in [9.17, 15) is 14.4 Å². The van der Waals surface area contributed by atoms with E-state index in [1.54, 1.807) is 43.0 Å². The molecule has 0 aliphatic carbocycles. The predicted molar refractivity (Wildman–Crippen MR) is 117 cm³/mol. The number of carbonyl (C=O) groups excluding carboxylic acids is 3. The molecule has 2 N–H and O–H groups in total. The van der Waals surface area contributed by atoms with Gasteiger partial charge in [-0.2, -0.15) is 0 Å². The van der Waals surface area contributed by atoms with Crippen molar-refractivity contribution in [2.75, 3.05) is 16.8 Å². The average Bonchev–Trinajstić information content (AvgIpc) is 2.71. The third-order valence-corrected chi connectivity index (χ3v) is 4.40. The maximum absolute atomic E-state index is 12.7. The minimum absolute atomic E-state index is 0.103. The fourth-order valence-corrected chi connectivity index (χ4v) is 2.94. The van der Waals surface area contributed by atoms with Crippen LogP contribution in [0.1, 0.15) is 27.7 Å². The highest BCUT2D eigenvalue weighted by Gasteiger charge is 2.28. The molecule has 0 saturated heterocycles. The quantitative estimate of drug-likeness (QED) is 0.647. The lowest BCUT2D eigenvalue weighted by Gasteiger charge is -2.27. The van der Waals surface area contributed by atoms with Crippen molar-refractivity contribution in [2.24, 2.45) is 5.92 Å². The first kappa shape index (κ1) is 22.9. The van der Waals surface area contributed by atoms with Gasteiger partial charge < -0.3 is 20.3 Å². The lowest BCUT2D eigenvalue weighted by atomic mass is 10.1. The van der Waals surface area contributed by atoms with Gasteiger partial charge in [0.15, 0.2) is 6.61 Å². The van der Waals surface area contributed by atoms with E-state index in [1.165, 1.54) is 0 Å². The van der Waals surface area contributed by atoms with Gasteiger partial charge in [-0.05, 0) is 44.0 Å². The number of hydrogen-bond acceptors (Lipinski definition) is 4. The summed E-state index contributed by atoms with van der Waals surface area (Å²) in [5, 5.41) is 5.29. The lowest BCUT2D eigenvalue weighted by Crippen LogP contribution is -2.48. The standard InChI is InChI=1S/C23H29N3O4/c1-16(2)21(25-23(29)24-18-11-7-5-8-12-18)22(28)30-15-20(27)26(17(3)4)19-13-9-6-10-14-19/h5-14,16-17,21H,15H2,1-4H3,(H2,24,25,29)/t21-/m0/s1. The van der Waals surface area contributed by atoms with E-state index >= 15 is 0 Å². The number of ether oxygens (including phenoxy) is 1. The Kier molecular flexibility index (Phi) is 8.41. The van der Waals surface area contributed by atoms with Crippen molar-refractivity contribution < 1.29 is 19.1 Å². The van der Waals surface area contributed by atoms with Crippen LogP contribution in [0, 0.1) is 5.92 Å². The second kappa shape index (κ2) is 11.0. The Labute approximate surface area is 177 Å². The molecule has 2 aromatic carbocycles. The number of amides is 3. The summed E-state index contributed by atoms with van der Waals surface area (Å²) in [6.45, 7) is 6.96. The molecular formula is C23H29N3O4. The Balaban J connectivity index is 1.97. The molecule has 0 saturated carbocycles. The number of esters is 1. The topological polar surface area (TPSA) is 87.7 Å². The fraction of sp³-hybridized carbons (Fsp3) is 0.348. The van der Waals surface area contributed by atoms with Crippen LogP contribution in [0.15, 0.2) is 60.7 Å². The zero-order valence-electron chi connectivity index (χ0n) is 17.8. The SMILES string of the molecule is CC(C)[C@H](NC(=O)Nc1ccccc1)C(=O)OCC(=O)N(c1ccccc1)C(C)C. The summed E-state index contributed by atoms with van der Waals surface area (Å²) in [6.07, 6.45) is 0. The molecule has 2 aromatic rings. The van der Waals surface area contributed by atoms with Gasteiger partial charge in [0.05, 0.1) is 0 Å². The van der Waals surface area contributed by atoms with Crippen LogP contribution in [0.3, 0.4) is 0 Å². The number of carbonyl (C=O) groups is 3. The molecule has 3 amide bonds. The van der Waals surface area contributed by atoms with Crippen LogP contribution < -0.4 is 15.5 Å². The maximum Gasteiger partial charge on any atom is 0.329 e. The molecule has 2 rings (SSSR count). The Morgan fingerprint density at radius 3 is 2.00 bits per heavy atom. The van der Waals surface area contributed by atoms with Crippen molar-refractivity contribution in [3.05, 3.63) is 60.7 Å². The van der Waals surface area contributed by atoms with E-state index in [1.807, 2.05) is 50.2 Å². The fourth-order valence-electron chi connectivity index (χ4n) is 2.94. The van der Waals surface area contributed by atoms with Crippen molar-refractivity contribution in [2.45, 2.75) is 39.8 Å². The van der Waals surface area contributed by atoms with Crippen molar-refractivity contribution in [3.8, 4) is 0 Å². The van der Waals surface area contributed by atoms with E-state index < -0.39 is 24.6 Å². The predicted octanol–water partition coefficient (Wildman–Crippen LogP) is 3.82. The largest absolute Gasteiger partial charge is 0.454 e. The Bertz CT molecular complexity index is 838. The molecule has 0 fully saturated rings. The number of hydrogen-bond donors (Lipinski definition) is 2. The lowest BCUT2D eigenvalue weighted by molar-refractivity contribution is -0.150. The number of nitrogens with one attached hydrogen (secondary N) is 2. The molecule has 0 unspecified atom stereocenters. The normalized spacial score (nSPS) is 11.7. The van der Waals surface area contributed by atoms with Gasteiger partial charge in [-0.3, -0.25) is 4.79 Å². The average molecular weight is 412 g/mol. The number of urea groups is 1. The van der Waals surface area contributed by atoms with Crippen LogP contribution in [0.5, 0.6) is 0 Å². The highest BCUT2D eigenvalue weighted by atomic mass is 16.5. The number of benzene rings is 2. The van der Waals surface area contributed by atoms with Crippen LogP contribution in [0.25, 0.3) is 0 Å². The molecule has 0 heterocycles. The molecule has 1 atom stereocenters. The molecule has 0 aliphatic rings. The molecule has 0 aromatic heterocycles. The molecule has 0 bridgehead atoms. The molecule has 0 spiro atoms. The Morgan fingerprint density at radius 2 is 1.47 bits per heavy atom. The highest BCUT2D eigenvalue weighted by molar-refractivity contribution is 5.96. The zero-order valence-corrected chi connectivity index (χ0v) is 17.8. The van der Waals surface area contributed by atoms with E-state index in [2.05, 4.69) is 10.6 Å². The van der Waals surface area contributed by atoms with Gasteiger partial charge in [0, 0.05) is 17.4 Å². The number of rotatable bonds is 8. The van der Waals surface area contributed by atoms with Crippen molar-refractivity contribution in [1.29, 1.82) is 0 Å². The van der Waals surface area contributed by atoms with Crippen LogP contribution in [-0.2, 0) is 14.3 Å². The minimum atomic E-state index is -0.884. The maximum atomic E-state index is 12.7. The molecule has 160 valence electrons. The smallest absolute Gasteiger partial charge is 0.329 e. The summed E-state index contributed by atoms with van der Waals surface area (Å²) in [5.74, 6) is -1.21. The van der Waals surface area contributed by atoms with Crippen molar-refractivity contribution in [1.82, 2.24) is 5.32 Å². The summed E-state index contributed by atoms with van der Waals surface area (Å²) in [6, 6.07) is 16.6. The van der Waals surface area contributed by atoms with Crippen LogP contribution >= 0.6 is 0 Å². The van der Waals surface area contributed by atoms with Crippen LogP contribution in [0.4, 0.5) is 16.2 Å². The summed E-state index contributed by atoms with van der Waals surface area (Å²) < 4.78 is 5.26. The third-order valence-electron chi connectivity index (χ3n) is 4.40. The van der Waals surface area contributed by atoms with Gasteiger partial charge in [0.2, 0.25) is 0 Å². The molecule has 0 aliphatic heterocycles. The Morgan fingerprint density at radius 1 is 0.900 bits per heavy atom. The second-order valence-electron chi connectivity index (χ2n) is 7.49. The van der Waals surface area contributed by atoms with Gasteiger partial charge in [-0.1, -0.05) is 50.2 Å². The summed E-state index contributed by atoms with van der Waals surface area (Å²) >= 11 is 0. The molecule has 7 nitrogen and oxygen atoms in total. The minimum Gasteiger partial charge on any atom is -0.454 e. The van der Waals surface area contributed by atoms with Gasteiger partial charge in [0.25, 0.3) is 5.91 Å². The van der Waals surface area contributed by atoms with E-state index in [-0.39, 0.29) is 17.9 Å². The van der Waals surface area contributed by atoms with E-state index in [4.69, 9.17) is 4.74 Å². The van der Waals surface area contributed by atoms with Gasteiger partial charge >= 0.3 is 12.0 Å². The van der Waals surface area contributed by atoms with E-state index in [0.29, 0.717) is 5.69 Å². The van der Waals surface area contributed by atoms with Gasteiger partial charge in [-0.15, -0.1) is 0 Å². The first-order valence-corrected chi connectivity index (χ1v) is 9.96. The van der Waals surface area contributed by atoms with Crippen LogP contribution in [-0.4, -0.2) is 36.6 Å². The summed E-state index contributed by atoms with van der Waals surface area (Å²) in [7, 11) is 0. The van der Waals surface area contributed by atoms with Gasteiger partial charge in [0.1, 0.15) is 6.04 Å². The summed E-state index contributed by atoms with van der Waals surface area (Å²) in [5.41, 5.74) is 1.34. The monoisotopic (exact) mass is 411 g/mol. The van der Waals surface area contributed by atoms with Gasteiger partial charge in [-0.25, -0.2) is 9.59 Å². The molecule has 0 radical (unpaired) electrons. The van der Waals surface area contributed by atoms with Crippen LogP contribution in [0.2, 0.25) is 0 Å². The Hall–Kier alpha value is -3.35. The number of para-hydroxylation sites is 2. The van der Waals surface area contributed by atoms with E-state index in [0.717, 1.165) is 5.69 Å². The number of anilines is 2. The first-order valence-electron chi connectivity index (χ1n) is 9.96. The van der Waals surface area contributed by atoms with Crippen molar-refractivity contribution >= 4 is 29.3 Å². The molecule has 7 heteroatoms. The molecular weight excluding hydrogens is 382 g/mol. The second-order valence-corrected chi connectivity index (χ2v) is 7.49. The number of nitrogens with zero attached hydrogens (tertiary/aromatic N) is 1. The third kappa shape index (κ3) is 6.62. The summed E-state index contributed by atoms with van der Waals surface area (Å²) in [4.78, 5) is 39.1.